The van der Waals surface area contributed by atoms with Gasteiger partial charge in [0, 0.05) is 43.0 Å². The highest BCUT2D eigenvalue weighted by atomic mass is 32.2. The molecule has 21 heavy (non-hydrogen) atoms. The number of thioether (sulfide) groups is 1. The summed E-state index contributed by atoms with van der Waals surface area (Å²) >= 11 is 2.79. The molecule has 0 atom stereocenters. The average molecular weight is 326 g/mol. The first kappa shape index (κ1) is 15.5. The SMILES string of the molecule is CN(C)c1nc(CSCc2cc(O)ccc2[N+](=O)[O-])ns1. The van der Waals surface area contributed by atoms with Crippen LogP contribution in [-0.2, 0) is 11.5 Å². The molecule has 0 aliphatic rings. The van der Waals surface area contributed by atoms with E-state index in [0.717, 1.165) is 5.13 Å². The van der Waals surface area contributed by atoms with Crippen molar-refractivity contribution >= 4 is 34.1 Å². The highest BCUT2D eigenvalue weighted by Gasteiger charge is 2.14. The van der Waals surface area contributed by atoms with Gasteiger partial charge in [-0.25, -0.2) is 4.98 Å². The molecule has 0 aliphatic carbocycles. The predicted molar refractivity (Wildman–Crippen MR) is 84.0 cm³/mol. The average Bonchev–Trinajstić information content (AvgIpc) is 2.87. The summed E-state index contributed by atoms with van der Waals surface area (Å²) in [6.45, 7) is 0. The first-order valence-electron chi connectivity index (χ1n) is 6.01. The van der Waals surface area contributed by atoms with Gasteiger partial charge in [-0.3, -0.25) is 10.1 Å². The highest BCUT2D eigenvalue weighted by Crippen LogP contribution is 2.28. The number of anilines is 1. The second kappa shape index (κ2) is 6.72. The molecule has 0 bridgehead atoms. The summed E-state index contributed by atoms with van der Waals surface area (Å²) in [6.07, 6.45) is 0. The summed E-state index contributed by atoms with van der Waals surface area (Å²) in [5.41, 5.74) is 0.508. The number of benzene rings is 1. The van der Waals surface area contributed by atoms with Crippen LogP contribution in [0.5, 0.6) is 5.75 Å². The molecule has 0 aliphatic heterocycles. The molecule has 1 N–H and O–H groups in total. The van der Waals surface area contributed by atoms with E-state index in [1.54, 1.807) is 0 Å². The van der Waals surface area contributed by atoms with Crippen molar-refractivity contribution in [2.75, 3.05) is 19.0 Å². The van der Waals surface area contributed by atoms with Crippen LogP contribution in [0.3, 0.4) is 0 Å². The van der Waals surface area contributed by atoms with E-state index in [9.17, 15) is 15.2 Å². The van der Waals surface area contributed by atoms with E-state index in [4.69, 9.17) is 0 Å². The van der Waals surface area contributed by atoms with Gasteiger partial charge < -0.3 is 10.0 Å². The van der Waals surface area contributed by atoms with E-state index < -0.39 is 4.92 Å². The van der Waals surface area contributed by atoms with Crippen LogP contribution in [0.25, 0.3) is 0 Å². The molecule has 1 aromatic carbocycles. The number of nitro groups is 1. The highest BCUT2D eigenvalue weighted by molar-refractivity contribution is 7.97. The van der Waals surface area contributed by atoms with Crippen molar-refractivity contribution in [3.8, 4) is 5.75 Å². The van der Waals surface area contributed by atoms with E-state index in [2.05, 4.69) is 9.36 Å². The number of nitrogens with zero attached hydrogens (tertiary/aromatic N) is 4. The quantitative estimate of drug-likeness (QED) is 0.644. The van der Waals surface area contributed by atoms with E-state index in [1.807, 2.05) is 19.0 Å². The van der Waals surface area contributed by atoms with Crippen LogP contribution in [0.15, 0.2) is 18.2 Å². The number of hydrogen-bond acceptors (Lipinski definition) is 8. The summed E-state index contributed by atoms with van der Waals surface area (Å²) < 4.78 is 4.23. The zero-order valence-electron chi connectivity index (χ0n) is 11.5. The van der Waals surface area contributed by atoms with Crippen molar-refractivity contribution in [1.82, 2.24) is 9.36 Å². The summed E-state index contributed by atoms with van der Waals surface area (Å²) in [6, 6.07) is 4.05. The van der Waals surface area contributed by atoms with E-state index in [-0.39, 0.29) is 11.4 Å². The Morgan fingerprint density at radius 3 is 2.81 bits per heavy atom. The van der Waals surface area contributed by atoms with Gasteiger partial charge >= 0.3 is 0 Å². The zero-order chi connectivity index (χ0) is 15.4. The molecule has 7 nitrogen and oxygen atoms in total. The number of aromatic nitrogens is 2. The first-order chi connectivity index (χ1) is 9.97. The van der Waals surface area contributed by atoms with Crippen molar-refractivity contribution < 1.29 is 10.0 Å². The van der Waals surface area contributed by atoms with E-state index >= 15 is 0 Å². The van der Waals surface area contributed by atoms with E-state index in [1.165, 1.54) is 41.5 Å². The summed E-state index contributed by atoms with van der Waals surface area (Å²) in [5, 5.41) is 21.2. The molecule has 0 saturated carbocycles. The van der Waals surface area contributed by atoms with Crippen LogP contribution >= 0.6 is 23.3 Å². The number of aromatic hydroxyl groups is 1. The number of phenolic OH excluding ortho intramolecular Hbond substituents is 1. The lowest BCUT2D eigenvalue weighted by Crippen LogP contribution is -2.07. The second-order valence-electron chi connectivity index (χ2n) is 4.45. The third-order valence-electron chi connectivity index (χ3n) is 2.59. The summed E-state index contributed by atoms with van der Waals surface area (Å²) in [4.78, 5) is 16.7. The Kier molecular flexibility index (Phi) is 4.97. The maximum atomic E-state index is 10.9. The van der Waals surface area contributed by atoms with Crippen molar-refractivity contribution in [3.63, 3.8) is 0 Å². The fourth-order valence-corrected chi connectivity index (χ4v) is 3.15. The number of nitro benzene ring substituents is 1. The molecular weight excluding hydrogens is 312 g/mol. The zero-order valence-corrected chi connectivity index (χ0v) is 13.1. The lowest BCUT2D eigenvalue weighted by atomic mass is 10.2. The predicted octanol–water partition coefficient (Wildman–Crippen LogP) is 2.65. The van der Waals surface area contributed by atoms with Gasteiger partial charge in [0.15, 0.2) is 5.82 Å². The maximum Gasteiger partial charge on any atom is 0.273 e. The Morgan fingerprint density at radius 2 is 2.19 bits per heavy atom. The van der Waals surface area contributed by atoms with Gasteiger partial charge in [-0.2, -0.15) is 4.37 Å². The molecule has 1 aromatic heterocycles. The molecule has 0 radical (unpaired) electrons. The monoisotopic (exact) mass is 326 g/mol. The summed E-state index contributed by atoms with van der Waals surface area (Å²) in [5.74, 6) is 1.72. The topological polar surface area (TPSA) is 92.4 Å². The lowest BCUT2D eigenvalue weighted by Gasteiger charge is -2.04. The molecule has 0 spiro atoms. The molecular formula is C12H14N4O3S2. The van der Waals surface area contributed by atoms with Crippen LogP contribution in [0.2, 0.25) is 0 Å². The van der Waals surface area contributed by atoms with Crippen LogP contribution in [0.1, 0.15) is 11.4 Å². The molecule has 0 amide bonds. The Balaban J connectivity index is 1.99. The third kappa shape index (κ3) is 4.05. The number of rotatable bonds is 6. The van der Waals surface area contributed by atoms with Gasteiger partial charge in [-0.1, -0.05) is 0 Å². The third-order valence-corrected chi connectivity index (χ3v) is 4.49. The fraction of sp³-hybridized carbons (Fsp3) is 0.333. The Labute approximate surface area is 129 Å². The van der Waals surface area contributed by atoms with Gasteiger partial charge in [0.2, 0.25) is 5.13 Å². The van der Waals surface area contributed by atoms with Crippen molar-refractivity contribution in [1.29, 1.82) is 0 Å². The maximum absolute atomic E-state index is 10.9. The Hall–Kier alpha value is -1.87. The molecule has 0 unspecified atom stereocenters. The van der Waals surface area contributed by atoms with Crippen molar-refractivity contribution in [3.05, 3.63) is 39.7 Å². The number of phenols is 1. The summed E-state index contributed by atoms with van der Waals surface area (Å²) in [7, 11) is 3.79. The van der Waals surface area contributed by atoms with Gasteiger partial charge in [-0.15, -0.1) is 11.8 Å². The molecule has 2 rings (SSSR count). The molecule has 2 aromatic rings. The Bertz CT molecular complexity index is 645. The van der Waals surface area contributed by atoms with Crippen LogP contribution < -0.4 is 4.90 Å². The normalized spacial score (nSPS) is 10.6. The van der Waals surface area contributed by atoms with Crippen LogP contribution in [-0.4, -0.2) is 33.5 Å². The largest absolute Gasteiger partial charge is 0.508 e. The van der Waals surface area contributed by atoms with Gasteiger partial charge in [-0.05, 0) is 12.1 Å². The fourth-order valence-electron chi connectivity index (χ4n) is 1.60. The smallest absolute Gasteiger partial charge is 0.273 e. The molecule has 112 valence electrons. The minimum absolute atomic E-state index is 0.0144. The minimum atomic E-state index is -0.444. The molecule has 0 fully saturated rings. The van der Waals surface area contributed by atoms with Crippen LogP contribution in [0.4, 0.5) is 10.8 Å². The van der Waals surface area contributed by atoms with Gasteiger partial charge in [0.25, 0.3) is 5.69 Å². The molecule has 9 heteroatoms. The van der Waals surface area contributed by atoms with Gasteiger partial charge in [0.05, 0.1) is 10.7 Å². The van der Waals surface area contributed by atoms with Crippen molar-refractivity contribution in [2.45, 2.75) is 11.5 Å². The van der Waals surface area contributed by atoms with Crippen LogP contribution in [0, 0.1) is 10.1 Å². The van der Waals surface area contributed by atoms with E-state index in [0.29, 0.717) is 22.9 Å². The minimum Gasteiger partial charge on any atom is -0.508 e. The lowest BCUT2D eigenvalue weighted by molar-refractivity contribution is -0.385. The number of hydrogen-bond donors (Lipinski definition) is 1. The standard InChI is InChI=1S/C12H14N4O3S2/c1-15(2)12-13-11(14-21-12)7-20-6-8-5-9(17)3-4-10(8)16(18)19/h3-5,17H,6-7H2,1-2H3. The van der Waals surface area contributed by atoms with Gasteiger partial charge in [0.1, 0.15) is 5.75 Å². The second-order valence-corrected chi connectivity index (χ2v) is 6.17. The van der Waals surface area contributed by atoms with Crippen molar-refractivity contribution in [2.24, 2.45) is 0 Å². The molecule has 1 heterocycles. The first-order valence-corrected chi connectivity index (χ1v) is 7.94. The Morgan fingerprint density at radius 1 is 1.43 bits per heavy atom. The molecule has 0 saturated heterocycles.